The minimum Gasteiger partial charge on any atom is -0.466 e. The molecule has 5 heteroatoms. The van der Waals surface area contributed by atoms with Crippen LogP contribution in [0, 0.1) is 0 Å². The van der Waals surface area contributed by atoms with Crippen molar-refractivity contribution in [1.29, 1.82) is 0 Å². The average molecular weight is 301 g/mol. The fourth-order valence-electron chi connectivity index (χ4n) is 1.60. The van der Waals surface area contributed by atoms with Crippen LogP contribution in [0.5, 0.6) is 0 Å². The quantitative estimate of drug-likeness (QED) is 0.879. The van der Waals surface area contributed by atoms with Gasteiger partial charge >= 0.3 is 6.09 Å². The fraction of sp³-hybridized carbons (Fsp3) is 0.125. The number of benzene rings is 2. The van der Waals surface area contributed by atoms with E-state index < -0.39 is 6.09 Å². The van der Waals surface area contributed by atoms with Crippen LogP contribution in [0.15, 0.2) is 60.7 Å². The van der Waals surface area contributed by atoms with Gasteiger partial charge in [-0.15, -0.1) is 0 Å². The lowest BCUT2D eigenvalue weighted by molar-refractivity contribution is 0.142. The summed E-state index contributed by atoms with van der Waals surface area (Å²) in [7, 11) is 0. The van der Waals surface area contributed by atoms with Gasteiger partial charge in [-0.25, -0.2) is 4.79 Å². The summed E-state index contributed by atoms with van der Waals surface area (Å²) in [6.45, 7) is 0.493. The van der Waals surface area contributed by atoms with E-state index in [1.807, 2.05) is 60.7 Å². The molecule has 2 rings (SSSR count). The molecule has 0 unspecified atom stereocenters. The molecule has 2 aromatic carbocycles. The molecule has 0 atom stereocenters. The van der Waals surface area contributed by atoms with Gasteiger partial charge < -0.3 is 9.47 Å². The van der Waals surface area contributed by atoms with Crippen LogP contribution in [0.25, 0.3) is 0 Å². The van der Waals surface area contributed by atoms with Gasteiger partial charge in [0.25, 0.3) is 5.17 Å². The first-order valence-electron chi connectivity index (χ1n) is 6.42. The number of hydrogen-bond donors (Lipinski definition) is 1. The highest BCUT2D eigenvalue weighted by Gasteiger charge is 2.06. The van der Waals surface area contributed by atoms with E-state index in [0.29, 0.717) is 6.61 Å². The summed E-state index contributed by atoms with van der Waals surface area (Å²) in [5.41, 5.74) is 1.88. The lowest BCUT2D eigenvalue weighted by atomic mass is 10.2. The van der Waals surface area contributed by atoms with Crippen molar-refractivity contribution < 1.29 is 14.3 Å². The molecule has 0 aliphatic carbocycles. The van der Waals surface area contributed by atoms with Crippen molar-refractivity contribution in [3.8, 4) is 0 Å². The monoisotopic (exact) mass is 301 g/mol. The van der Waals surface area contributed by atoms with Crippen LogP contribution in [0.4, 0.5) is 4.79 Å². The Morgan fingerprint density at radius 3 is 1.86 bits per heavy atom. The van der Waals surface area contributed by atoms with Crippen LogP contribution in [-0.2, 0) is 22.7 Å². The largest absolute Gasteiger partial charge is 0.466 e. The summed E-state index contributed by atoms with van der Waals surface area (Å²) in [4.78, 5) is 11.5. The summed E-state index contributed by atoms with van der Waals surface area (Å²) in [5, 5.41) is 2.37. The highest BCUT2D eigenvalue weighted by molar-refractivity contribution is 7.80. The third-order valence-corrected chi connectivity index (χ3v) is 2.85. The van der Waals surface area contributed by atoms with Gasteiger partial charge in [0.05, 0.1) is 0 Å². The highest BCUT2D eigenvalue weighted by Crippen LogP contribution is 2.02. The predicted molar refractivity (Wildman–Crippen MR) is 83.6 cm³/mol. The van der Waals surface area contributed by atoms with E-state index >= 15 is 0 Å². The number of amides is 1. The second-order valence-corrected chi connectivity index (χ2v) is 4.62. The maximum Gasteiger partial charge on any atom is 0.414 e. The van der Waals surface area contributed by atoms with Gasteiger partial charge in [-0.1, -0.05) is 60.7 Å². The van der Waals surface area contributed by atoms with Crippen molar-refractivity contribution in [1.82, 2.24) is 5.32 Å². The zero-order valence-corrected chi connectivity index (χ0v) is 12.1. The van der Waals surface area contributed by atoms with E-state index in [1.165, 1.54) is 0 Å². The molecule has 0 saturated carbocycles. The zero-order valence-electron chi connectivity index (χ0n) is 11.3. The normalized spacial score (nSPS) is 9.71. The Morgan fingerprint density at radius 1 is 0.857 bits per heavy atom. The van der Waals surface area contributed by atoms with E-state index in [2.05, 4.69) is 5.32 Å². The Labute approximate surface area is 128 Å². The standard InChI is InChI=1S/C16H15NO3S/c18-15(19-11-13-7-3-1-4-8-13)17-16(21)20-12-14-9-5-2-6-10-14/h1-10H,11-12H2,(H,17,18,21). The molecule has 0 radical (unpaired) electrons. The van der Waals surface area contributed by atoms with Gasteiger partial charge in [-0.05, 0) is 23.3 Å². The summed E-state index contributed by atoms with van der Waals surface area (Å²) < 4.78 is 10.3. The number of nitrogens with one attached hydrogen (secondary N) is 1. The van der Waals surface area contributed by atoms with Gasteiger partial charge in [-0.3, -0.25) is 5.32 Å². The van der Waals surface area contributed by atoms with Gasteiger partial charge in [0.15, 0.2) is 0 Å². The molecule has 0 aromatic heterocycles. The van der Waals surface area contributed by atoms with Gasteiger partial charge in [0, 0.05) is 0 Å². The topological polar surface area (TPSA) is 47.6 Å². The third kappa shape index (κ3) is 5.62. The maximum atomic E-state index is 11.5. The van der Waals surface area contributed by atoms with Crippen molar-refractivity contribution in [3.05, 3.63) is 71.8 Å². The Morgan fingerprint density at radius 2 is 1.33 bits per heavy atom. The van der Waals surface area contributed by atoms with Crippen LogP contribution in [0.2, 0.25) is 0 Å². The van der Waals surface area contributed by atoms with Crippen molar-refractivity contribution >= 4 is 23.5 Å². The highest BCUT2D eigenvalue weighted by atomic mass is 32.1. The molecule has 0 heterocycles. The molecule has 2 aromatic rings. The van der Waals surface area contributed by atoms with Crippen molar-refractivity contribution in [3.63, 3.8) is 0 Å². The van der Waals surface area contributed by atoms with Gasteiger partial charge in [-0.2, -0.15) is 0 Å². The Bertz CT molecular complexity index is 533. The number of hydrogen-bond acceptors (Lipinski definition) is 4. The van der Waals surface area contributed by atoms with E-state index in [0.717, 1.165) is 11.1 Å². The van der Waals surface area contributed by atoms with Gasteiger partial charge in [0.2, 0.25) is 0 Å². The first-order valence-corrected chi connectivity index (χ1v) is 6.83. The molecular weight excluding hydrogens is 286 g/mol. The smallest absolute Gasteiger partial charge is 0.414 e. The number of thiocarbonyl (C=S) groups is 1. The van der Waals surface area contributed by atoms with Crippen LogP contribution < -0.4 is 5.32 Å². The van der Waals surface area contributed by atoms with E-state index in [1.54, 1.807) is 0 Å². The number of rotatable bonds is 4. The molecule has 0 aliphatic rings. The molecule has 108 valence electrons. The fourth-order valence-corrected chi connectivity index (χ4v) is 1.74. The van der Waals surface area contributed by atoms with Crippen LogP contribution in [0.1, 0.15) is 11.1 Å². The lowest BCUT2D eigenvalue weighted by Crippen LogP contribution is -2.31. The summed E-state index contributed by atoms with van der Waals surface area (Å²) >= 11 is 4.93. The van der Waals surface area contributed by atoms with Gasteiger partial charge in [0.1, 0.15) is 13.2 Å². The van der Waals surface area contributed by atoms with E-state index in [9.17, 15) is 4.79 Å². The second-order valence-electron chi connectivity index (χ2n) is 4.25. The molecule has 1 amide bonds. The van der Waals surface area contributed by atoms with Crippen molar-refractivity contribution in [2.24, 2.45) is 0 Å². The first-order chi connectivity index (χ1) is 10.2. The molecule has 0 fully saturated rings. The Balaban J connectivity index is 1.69. The predicted octanol–water partition coefficient (Wildman–Crippen LogP) is 3.41. The van der Waals surface area contributed by atoms with Crippen LogP contribution in [0.3, 0.4) is 0 Å². The summed E-state index contributed by atoms with van der Waals surface area (Å²) in [6, 6.07) is 19.0. The summed E-state index contributed by atoms with van der Waals surface area (Å²) in [6.07, 6.45) is -0.628. The molecule has 21 heavy (non-hydrogen) atoms. The number of alkyl carbamates (subject to hydrolysis) is 1. The zero-order chi connectivity index (χ0) is 14.9. The molecule has 0 saturated heterocycles. The number of carbonyl (C=O) groups is 1. The van der Waals surface area contributed by atoms with Crippen LogP contribution >= 0.6 is 12.2 Å². The number of carbonyl (C=O) groups excluding carboxylic acids is 1. The Kier molecular flexibility index (Phi) is 5.72. The Hall–Kier alpha value is -2.40. The number of ether oxygens (including phenoxy) is 2. The van der Waals surface area contributed by atoms with E-state index in [-0.39, 0.29) is 11.8 Å². The molecule has 0 bridgehead atoms. The molecular formula is C16H15NO3S. The average Bonchev–Trinajstić information content (AvgIpc) is 2.53. The van der Waals surface area contributed by atoms with Crippen molar-refractivity contribution in [2.75, 3.05) is 0 Å². The summed E-state index contributed by atoms with van der Waals surface area (Å²) in [5.74, 6) is 0. The minimum atomic E-state index is -0.628. The SMILES string of the molecule is O=C(NC(=S)OCc1ccccc1)OCc1ccccc1. The molecule has 0 aliphatic heterocycles. The molecule has 4 nitrogen and oxygen atoms in total. The van der Waals surface area contributed by atoms with E-state index in [4.69, 9.17) is 21.7 Å². The lowest BCUT2D eigenvalue weighted by Gasteiger charge is -2.09. The maximum absolute atomic E-state index is 11.5. The second kappa shape index (κ2) is 8.01. The third-order valence-electron chi connectivity index (χ3n) is 2.63. The minimum absolute atomic E-state index is 0.00286. The first kappa shape index (κ1) is 15.0. The van der Waals surface area contributed by atoms with Crippen molar-refractivity contribution in [2.45, 2.75) is 13.2 Å². The molecule has 1 N–H and O–H groups in total. The van der Waals surface area contributed by atoms with Crippen LogP contribution in [-0.4, -0.2) is 11.3 Å². The molecule has 0 spiro atoms.